The van der Waals surface area contributed by atoms with E-state index in [1.54, 1.807) is 58.9 Å². The van der Waals surface area contributed by atoms with Gasteiger partial charge in [-0.05, 0) is 88.8 Å². The number of rotatable bonds is 14. The number of aryl methyl sites for hydroxylation is 2. The quantitative estimate of drug-likeness (QED) is 0.104. The van der Waals surface area contributed by atoms with Gasteiger partial charge in [-0.3, -0.25) is 4.98 Å². The molecule has 10 nitrogen and oxygen atoms in total. The summed E-state index contributed by atoms with van der Waals surface area (Å²) in [7, 11) is 0. The molecule has 0 radical (unpaired) electrons. The Morgan fingerprint density at radius 3 is 1.98 bits per heavy atom. The van der Waals surface area contributed by atoms with Crippen LogP contribution >= 0.6 is 0 Å². The fourth-order valence-electron chi connectivity index (χ4n) is 5.07. The summed E-state index contributed by atoms with van der Waals surface area (Å²) in [6, 6.07) is 11.3. The number of nitrogens with zero attached hydrogens (tertiary/aromatic N) is 1. The van der Waals surface area contributed by atoms with Gasteiger partial charge in [0, 0.05) is 5.56 Å². The lowest BCUT2D eigenvalue weighted by Crippen LogP contribution is -2.38. The Morgan fingerprint density at radius 1 is 0.857 bits per heavy atom. The molecule has 0 saturated heterocycles. The molecule has 1 heterocycles. The highest BCUT2D eigenvalue weighted by Gasteiger charge is 2.35. The molecule has 3 aromatic rings. The van der Waals surface area contributed by atoms with Gasteiger partial charge in [-0.1, -0.05) is 50.8 Å². The highest BCUT2D eigenvalue weighted by molar-refractivity contribution is 6.07. The first-order valence-corrected chi connectivity index (χ1v) is 16.2. The number of halogens is 1. The zero-order chi connectivity index (χ0) is 36.3. The van der Waals surface area contributed by atoms with Crippen molar-refractivity contribution in [2.75, 3.05) is 19.8 Å². The summed E-state index contributed by atoms with van der Waals surface area (Å²) in [6.45, 7) is 15.8. The van der Waals surface area contributed by atoms with Crippen LogP contribution in [0.4, 0.5) is 9.18 Å². The molecule has 2 aromatic carbocycles. The minimum atomic E-state index is -0.873. The van der Waals surface area contributed by atoms with Crippen LogP contribution in [0.2, 0.25) is 0 Å². The molecule has 0 aliphatic carbocycles. The Labute approximate surface area is 287 Å². The van der Waals surface area contributed by atoms with E-state index < -0.39 is 35.6 Å². The number of pyridine rings is 1. The summed E-state index contributed by atoms with van der Waals surface area (Å²) in [4.78, 5) is 58.5. The summed E-state index contributed by atoms with van der Waals surface area (Å²) in [5.74, 6) is -2.79. The van der Waals surface area contributed by atoms with E-state index in [9.17, 15) is 23.6 Å². The standard InChI is InChI=1S/C38H45FN2O8/c1-9-22-48-34(42)26-17-15-25(16-18-26)29-30(35(43)46-10-2)28(21-14-24-12-19-27(39)20-13-24)40-33(31(29)36(44)47-11-3)32(23(4)5)41-37(45)49-38(6,7)8/h9,12-13,15-20,23,32H,1,10-11,14,21-22H2,2-8H3,(H,41,45)/t32-/m0/s1. The number of amides is 1. The Hall–Kier alpha value is -5.06. The van der Waals surface area contributed by atoms with Crippen LogP contribution in [0.3, 0.4) is 0 Å². The highest BCUT2D eigenvalue weighted by Crippen LogP contribution is 2.37. The van der Waals surface area contributed by atoms with Crippen molar-refractivity contribution in [1.82, 2.24) is 10.3 Å². The van der Waals surface area contributed by atoms with Crippen LogP contribution in [-0.2, 0) is 31.8 Å². The third-order valence-electron chi connectivity index (χ3n) is 7.20. The maximum absolute atomic E-state index is 14.0. The number of hydrogen-bond donors (Lipinski definition) is 1. The van der Waals surface area contributed by atoms with Gasteiger partial charge < -0.3 is 24.3 Å². The van der Waals surface area contributed by atoms with Gasteiger partial charge in [-0.2, -0.15) is 0 Å². The monoisotopic (exact) mass is 676 g/mol. The molecule has 1 N–H and O–H groups in total. The van der Waals surface area contributed by atoms with E-state index in [1.807, 2.05) is 13.8 Å². The molecule has 1 atom stereocenters. The van der Waals surface area contributed by atoms with E-state index in [0.29, 0.717) is 12.0 Å². The minimum absolute atomic E-state index is 0.0126. The van der Waals surface area contributed by atoms with Crippen LogP contribution < -0.4 is 5.32 Å². The zero-order valence-electron chi connectivity index (χ0n) is 29.2. The van der Waals surface area contributed by atoms with Crippen LogP contribution in [-0.4, -0.2) is 54.4 Å². The van der Waals surface area contributed by atoms with Crippen LogP contribution in [0.1, 0.15) is 103 Å². The number of alkyl carbamates (subject to hydrolysis) is 1. The molecule has 11 heteroatoms. The van der Waals surface area contributed by atoms with E-state index in [2.05, 4.69) is 11.9 Å². The maximum atomic E-state index is 14.0. The molecule has 0 spiro atoms. The Bertz CT molecular complexity index is 1640. The number of hydrogen-bond acceptors (Lipinski definition) is 9. The first-order valence-electron chi connectivity index (χ1n) is 16.2. The number of carbonyl (C=O) groups is 4. The minimum Gasteiger partial charge on any atom is -0.462 e. The number of ether oxygens (including phenoxy) is 4. The molecule has 1 aromatic heterocycles. The van der Waals surface area contributed by atoms with E-state index >= 15 is 0 Å². The summed E-state index contributed by atoms with van der Waals surface area (Å²) < 4.78 is 35.5. The van der Waals surface area contributed by atoms with Crippen molar-refractivity contribution < 1.29 is 42.5 Å². The first kappa shape index (κ1) is 38.4. The van der Waals surface area contributed by atoms with Crippen LogP contribution in [0.25, 0.3) is 11.1 Å². The van der Waals surface area contributed by atoms with E-state index in [1.165, 1.54) is 30.3 Å². The Kier molecular flexibility index (Phi) is 13.6. The molecule has 49 heavy (non-hydrogen) atoms. The molecule has 0 bridgehead atoms. The largest absolute Gasteiger partial charge is 0.462 e. The molecule has 0 aliphatic rings. The number of benzene rings is 2. The average molecular weight is 677 g/mol. The maximum Gasteiger partial charge on any atom is 0.408 e. The van der Waals surface area contributed by atoms with Gasteiger partial charge >= 0.3 is 24.0 Å². The second-order valence-electron chi connectivity index (χ2n) is 12.5. The van der Waals surface area contributed by atoms with Crippen molar-refractivity contribution in [2.24, 2.45) is 5.92 Å². The van der Waals surface area contributed by atoms with Gasteiger partial charge in [0.05, 0.1) is 47.3 Å². The van der Waals surface area contributed by atoms with Crippen molar-refractivity contribution >= 4 is 24.0 Å². The smallest absolute Gasteiger partial charge is 0.408 e. The fourth-order valence-corrected chi connectivity index (χ4v) is 5.07. The van der Waals surface area contributed by atoms with Gasteiger partial charge in [0.15, 0.2) is 0 Å². The van der Waals surface area contributed by atoms with Crippen molar-refractivity contribution in [3.63, 3.8) is 0 Å². The lowest BCUT2D eigenvalue weighted by molar-refractivity contribution is 0.0469. The van der Waals surface area contributed by atoms with Gasteiger partial charge in [0.2, 0.25) is 0 Å². The zero-order valence-corrected chi connectivity index (χ0v) is 29.2. The number of esters is 3. The van der Waals surface area contributed by atoms with Gasteiger partial charge in [-0.25, -0.2) is 23.6 Å². The second kappa shape index (κ2) is 17.4. The third kappa shape index (κ3) is 10.5. The van der Waals surface area contributed by atoms with Crippen molar-refractivity contribution in [2.45, 2.75) is 73.0 Å². The van der Waals surface area contributed by atoms with E-state index in [4.69, 9.17) is 23.9 Å². The summed E-state index contributed by atoms with van der Waals surface area (Å²) in [5.41, 5.74) is 1.18. The summed E-state index contributed by atoms with van der Waals surface area (Å²) in [6.07, 6.45) is 1.27. The van der Waals surface area contributed by atoms with Crippen molar-refractivity contribution in [3.05, 3.63) is 101 Å². The molecule has 3 rings (SSSR count). The van der Waals surface area contributed by atoms with Gasteiger partial charge in [-0.15, -0.1) is 0 Å². The molecule has 0 fully saturated rings. The first-order chi connectivity index (χ1) is 23.2. The topological polar surface area (TPSA) is 130 Å². The molecule has 0 aliphatic heterocycles. The third-order valence-corrected chi connectivity index (χ3v) is 7.20. The van der Waals surface area contributed by atoms with E-state index in [0.717, 1.165) is 5.56 Å². The normalized spacial score (nSPS) is 11.8. The lowest BCUT2D eigenvalue weighted by atomic mass is 9.86. The van der Waals surface area contributed by atoms with Gasteiger partial charge in [0.1, 0.15) is 18.0 Å². The van der Waals surface area contributed by atoms with Gasteiger partial charge in [0.25, 0.3) is 0 Å². The van der Waals surface area contributed by atoms with Crippen molar-refractivity contribution in [1.29, 1.82) is 0 Å². The van der Waals surface area contributed by atoms with Crippen molar-refractivity contribution in [3.8, 4) is 11.1 Å². The molecular formula is C38H45FN2O8. The van der Waals surface area contributed by atoms with E-state index in [-0.39, 0.29) is 71.6 Å². The highest BCUT2D eigenvalue weighted by atomic mass is 19.1. The summed E-state index contributed by atoms with van der Waals surface area (Å²) >= 11 is 0. The molecular weight excluding hydrogens is 631 g/mol. The summed E-state index contributed by atoms with van der Waals surface area (Å²) in [5, 5.41) is 2.87. The predicted molar refractivity (Wildman–Crippen MR) is 183 cm³/mol. The average Bonchev–Trinajstić information content (AvgIpc) is 3.04. The van der Waals surface area contributed by atoms with Crippen LogP contribution in [0.15, 0.2) is 61.2 Å². The van der Waals surface area contributed by atoms with Crippen LogP contribution in [0, 0.1) is 11.7 Å². The Balaban J connectivity index is 2.41. The number of nitrogens with one attached hydrogen (secondary N) is 1. The molecule has 262 valence electrons. The predicted octanol–water partition coefficient (Wildman–Crippen LogP) is 7.59. The Morgan fingerprint density at radius 2 is 1.45 bits per heavy atom. The van der Waals surface area contributed by atoms with Crippen LogP contribution in [0.5, 0.6) is 0 Å². The molecule has 0 saturated carbocycles. The number of carbonyl (C=O) groups excluding carboxylic acids is 4. The SMILES string of the molecule is C=CCOC(=O)c1ccc(-c2c(C(=O)OCC)c(CCc3ccc(F)cc3)nc([C@@H](NC(=O)OC(C)(C)C)C(C)C)c2C(=O)OCC)cc1. The molecule has 0 unspecified atom stereocenters. The number of aromatic nitrogens is 1. The lowest BCUT2D eigenvalue weighted by Gasteiger charge is -2.29. The molecule has 1 amide bonds. The second-order valence-corrected chi connectivity index (χ2v) is 12.5. The fraction of sp³-hybridized carbons (Fsp3) is 0.395.